The Morgan fingerprint density at radius 1 is 1.00 bits per heavy atom. The summed E-state index contributed by atoms with van der Waals surface area (Å²) in [5, 5.41) is 28.6. The lowest BCUT2D eigenvalue weighted by molar-refractivity contribution is -0.141. The van der Waals surface area contributed by atoms with Crippen molar-refractivity contribution in [2.24, 2.45) is 5.92 Å². The first-order valence-corrected chi connectivity index (χ1v) is 13.0. The largest absolute Gasteiger partial charge is 0.507 e. The lowest BCUT2D eigenvalue weighted by Crippen LogP contribution is -2.57. The zero-order valence-electron chi connectivity index (χ0n) is 22.1. The van der Waals surface area contributed by atoms with Crippen LogP contribution in [-0.2, 0) is 14.4 Å². The molecule has 0 spiro atoms. The maximum atomic E-state index is 13.5. The number of amides is 4. The molecule has 2 aliphatic heterocycles. The van der Waals surface area contributed by atoms with Gasteiger partial charge in [0.2, 0.25) is 17.7 Å². The Hall–Kier alpha value is -4.12. The zero-order chi connectivity index (χ0) is 28.3. The average molecular weight is 539 g/mol. The van der Waals surface area contributed by atoms with Crippen molar-refractivity contribution in [2.45, 2.75) is 51.4 Å². The minimum atomic E-state index is -0.993. The predicted molar refractivity (Wildman–Crippen MR) is 142 cm³/mol. The smallest absolute Gasteiger partial charge is 0.255 e. The molecule has 1 saturated heterocycles. The quantitative estimate of drug-likeness (QED) is 0.378. The highest BCUT2D eigenvalue weighted by Crippen LogP contribution is 2.32. The SMILES string of the molecule is CC(C)[C@@H]1NC(=O)c2cc(-c3ccccc3O)ccc2OCCNC(=O)[C@@H]2C[C@H](O)CN2C(=O)[C@@H](C)NC1=O. The van der Waals surface area contributed by atoms with Crippen molar-refractivity contribution in [1.29, 1.82) is 0 Å². The molecule has 11 heteroatoms. The number of aliphatic hydroxyl groups excluding tert-OH is 1. The summed E-state index contributed by atoms with van der Waals surface area (Å²) in [6.07, 6.45) is -0.777. The second-order valence-corrected chi connectivity index (χ2v) is 10.2. The van der Waals surface area contributed by atoms with Gasteiger partial charge in [0.25, 0.3) is 5.91 Å². The van der Waals surface area contributed by atoms with Gasteiger partial charge < -0.3 is 35.8 Å². The molecular weight excluding hydrogens is 504 g/mol. The fraction of sp³-hybridized carbons (Fsp3) is 0.429. The first-order chi connectivity index (χ1) is 18.6. The van der Waals surface area contributed by atoms with Crippen molar-refractivity contribution in [2.75, 3.05) is 19.7 Å². The third-order valence-corrected chi connectivity index (χ3v) is 6.93. The van der Waals surface area contributed by atoms with Crippen molar-refractivity contribution in [3.8, 4) is 22.6 Å². The first kappa shape index (κ1) is 27.9. The van der Waals surface area contributed by atoms with E-state index in [1.807, 2.05) is 0 Å². The molecule has 0 aromatic heterocycles. The van der Waals surface area contributed by atoms with Crippen LogP contribution < -0.4 is 20.7 Å². The van der Waals surface area contributed by atoms with Crippen LogP contribution in [0.3, 0.4) is 0 Å². The number of hydrogen-bond donors (Lipinski definition) is 5. The molecule has 0 bridgehead atoms. The van der Waals surface area contributed by atoms with Crippen molar-refractivity contribution in [1.82, 2.24) is 20.9 Å². The number of ether oxygens (including phenoxy) is 1. The normalized spacial score (nSPS) is 24.8. The molecule has 2 aromatic rings. The number of fused-ring (bicyclic) bond motifs is 2. The van der Waals surface area contributed by atoms with Gasteiger partial charge in [-0.2, -0.15) is 0 Å². The minimum absolute atomic E-state index is 0.0232. The maximum Gasteiger partial charge on any atom is 0.255 e. The van der Waals surface area contributed by atoms with Crippen molar-refractivity contribution in [3.63, 3.8) is 0 Å². The van der Waals surface area contributed by atoms with E-state index in [2.05, 4.69) is 16.0 Å². The van der Waals surface area contributed by atoms with E-state index in [0.29, 0.717) is 11.1 Å². The van der Waals surface area contributed by atoms with Crippen molar-refractivity contribution >= 4 is 23.6 Å². The molecule has 1 fully saturated rings. The van der Waals surface area contributed by atoms with Crippen LogP contribution in [0.2, 0.25) is 0 Å². The zero-order valence-corrected chi connectivity index (χ0v) is 22.1. The third-order valence-electron chi connectivity index (χ3n) is 6.93. The molecule has 0 saturated carbocycles. The number of aromatic hydroxyl groups is 1. The van der Waals surface area contributed by atoms with Gasteiger partial charge >= 0.3 is 0 Å². The number of nitrogens with one attached hydrogen (secondary N) is 3. The highest BCUT2D eigenvalue weighted by Gasteiger charge is 2.41. The number of carbonyl (C=O) groups is 4. The average Bonchev–Trinajstić information content (AvgIpc) is 3.30. The summed E-state index contributed by atoms with van der Waals surface area (Å²) in [6, 6.07) is 8.73. The maximum absolute atomic E-state index is 13.5. The van der Waals surface area contributed by atoms with E-state index in [4.69, 9.17) is 4.74 Å². The number of aliphatic hydroxyl groups is 1. The molecule has 4 atom stereocenters. The van der Waals surface area contributed by atoms with Gasteiger partial charge in [-0.15, -0.1) is 0 Å². The van der Waals surface area contributed by atoms with Crippen LogP contribution in [0, 0.1) is 5.92 Å². The first-order valence-electron chi connectivity index (χ1n) is 13.0. The molecule has 4 rings (SSSR count). The van der Waals surface area contributed by atoms with E-state index in [9.17, 15) is 29.4 Å². The van der Waals surface area contributed by atoms with Gasteiger partial charge in [0.05, 0.1) is 18.2 Å². The van der Waals surface area contributed by atoms with E-state index in [1.165, 1.54) is 17.9 Å². The van der Waals surface area contributed by atoms with Crippen LogP contribution in [0.15, 0.2) is 42.5 Å². The lowest BCUT2D eigenvalue weighted by Gasteiger charge is -2.29. The summed E-state index contributed by atoms with van der Waals surface area (Å²) in [4.78, 5) is 54.0. The van der Waals surface area contributed by atoms with Crippen LogP contribution >= 0.6 is 0 Å². The van der Waals surface area contributed by atoms with E-state index < -0.39 is 47.9 Å². The standard InChI is InChI=1S/C28H34N4O7/c1-15(2)24-27(37)30-16(3)28(38)32-14-18(33)13-21(32)26(36)29-10-11-39-23-9-8-17(12-20(23)25(35)31-24)19-6-4-5-7-22(19)34/h4-9,12,15-16,18,21,24,33-34H,10-11,13-14H2,1-3H3,(H,29,36)(H,30,37)(H,31,35)/t16-,18+,21+,24+/m1/s1. The second-order valence-electron chi connectivity index (χ2n) is 10.2. The molecule has 39 heavy (non-hydrogen) atoms. The van der Waals surface area contributed by atoms with E-state index in [1.54, 1.807) is 50.2 Å². The molecule has 2 aliphatic rings. The number of rotatable bonds is 2. The summed E-state index contributed by atoms with van der Waals surface area (Å²) in [5.74, 6) is -2.14. The van der Waals surface area contributed by atoms with Crippen molar-refractivity contribution < 1.29 is 34.1 Å². The highest BCUT2D eigenvalue weighted by molar-refractivity contribution is 6.01. The fourth-order valence-corrected chi connectivity index (χ4v) is 4.85. The fourth-order valence-electron chi connectivity index (χ4n) is 4.85. The van der Waals surface area contributed by atoms with Gasteiger partial charge in [-0.1, -0.05) is 38.1 Å². The molecule has 0 aliphatic carbocycles. The molecule has 2 heterocycles. The third kappa shape index (κ3) is 6.14. The topological polar surface area (TPSA) is 157 Å². The van der Waals surface area contributed by atoms with Crippen LogP contribution in [0.4, 0.5) is 0 Å². The van der Waals surface area contributed by atoms with Gasteiger partial charge in [-0.25, -0.2) is 0 Å². The highest BCUT2D eigenvalue weighted by atomic mass is 16.5. The van der Waals surface area contributed by atoms with E-state index in [0.717, 1.165) is 0 Å². The Morgan fingerprint density at radius 3 is 2.46 bits per heavy atom. The minimum Gasteiger partial charge on any atom is -0.507 e. The summed E-state index contributed by atoms with van der Waals surface area (Å²) in [5.41, 5.74) is 1.22. The number of phenolic OH excluding ortho intramolecular Hbond substituents is 1. The van der Waals surface area contributed by atoms with Gasteiger partial charge in [-0.05, 0) is 36.6 Å². The molecule has 208 valence electrons. The number of phenols is 1. The van der Waals surface area contributed by atoms with Crippen LogP contribution in [0.1, 0.15) is 37.6 Å². The molecule has 4 amide bonds. The van der Waals surface area contributed by atoms with E-state index >= 15 is 0 Å². The van der Waals surface area contributed by atoms with Gasteiger partial charge in [-0.3, -0.25) is 19.2 Å². The molecular formula is C28H34N4O7. The molecule has 5 N–H and O–H groups in total. The van der Waals surface area contributed by atoms with Gasteiger partial charge in [0.15, 0.2) is 0 Å². The summed E-state index contributed by atoms with van der Waals surface area (Å²) in [7, 11) is 0. The number of benzene rings is 2. The second kappa shape index (κ2) is 11.7. The Bertz CT molecular complexity index is 1260. The number of nitrogens with zero attached hydrogens (tertiary/aromatic N) is 1. The Morgan fingerprint density at radius 2 is 1.74 bits per heavy atom. The van der Waals surface area contributed by atoms with Gasteiger partial charge in [0.1, 0.15) is 36.2 Å². The molecule has 2 aromatic carbocycles. The molecule has 0 radical (unpaired) electrons. The molecule has 11 nitrogen and oxygen atoms in total. The Labute approximate surface area is 226 Å². The number of para-hydroxylation sites is 1. The summed E-state index contributed by atoms with van der Waals surface area (Å²) >= 11 is 0. The van der Waals surface area contributed by atoms with Crippen LogP contribution in [-0.4, -0.2) is 82.7 Å². The monoisotopic (exact) mass is 538 g/mol. The Kier molecular flexibility index (Phi) is 8.39. The van der Waals surface area contributed by atoms with Crippen molar-refractivity contribution in [3.05, 3.63) is 48.0 Å². The van der Waals surface area contributed by atoms with E-state index in [-0.39, 0.29) is 49.1 Å². The lowest BCUT2D eigenvalue weighted by atomic mass is 9.99. The predicted octanol–water partition coefficient (Wildman–Crippen LogP) is 0.789. The number of carbonyl (C=O) groups excluding carboxylic acids is 4. The Balaban J connectivity index is 1.69. The summed E-state index contributed by atoms with van der Waals surface area (Å²) in [6.45, 7) is 5.13. The van der Waals surface area contributed by atoms with Crippen LogP contribution in [0.25, 0.3) is 11.1 Å². The van der Waals surface area contributed by atoms with Crippen LogP contribution in [0.5, 0.6) is 11.5 Å². The summed E-state index contributed by atoms with van der Waals surface area (Å²) < 4.78 is 5.85. The molecule has 0 unspecified atom stereocenters. The number of hydrogen-bond acceptors (Lipinski definition) is 7. The van der Waals surface area contributed by atoms with Gasteiger partial charge in [0, 0.05) is 18.5 Å².